The van der Waals surface area contributed by atoms with Crippen LogP contribution in [0.4, 0.5) is 10.8 Å². The molecule has 8 nitrogen and oxygen atoms in total. The number of anilines is 2. The first-order chi connectivity index (χ1) is 15.7. The summed E-state index contributed by atoms with van der Waals surface area (Å²) in [4.78, 5) is 21.0. The first-order valence-electron chi connectivity index (χ1n) is 10.3. The predicted octanol–water partition coefficient (Wildman–Crippen LogP) is 5.07. The number of hydrogen-bond donors (Lipinski definition) is 3. The van der Waals surface area contributed by atoms with Gasteiger partial charge in [0.1, 0.15) is 28.5 Å². The maximum Gasteiger partial charge on any atom is 0.276 e. The van der Waals surface area contributed by atoms with Gasteiger partial charge in [0.2, 0.25) is 5.13 Å². The van der Waals surface area contributed by atoms with Crippen molar-refractivity contribution >= 4 is 28.1 Å². The number of carbonyl (C=O) groups is 1. The standard InChI is InChI=1S/C23H24N6O2S/c1-3-4-12-24-17-7-5-6-16(13-17)21-26-19(15-8-10-18(31-2)11-9-15)20(27-21)22(30)28-23-29-25-14-32-23/h5-11,13-14,24H,3-4,12H2,1-2H3,(H,26,27)(H,28,29,30). The molecular formula is C23H24N6O2S. The lowest BCUT2D eigenvalue weighted by atomic mass is 10.1. The summed E-state index contributed by atoms with van der Waals surface area (Å²) in [7, 11) is 1.62. The van der Waals surface area contributed by atoms with Gasteiger partial charge in [-0.05, 0) is 42.8 Å². The minimum Gasteiger partial charge on any atom is -0.497 e. The van der Waals surface area contributed by atoms with Crippen molar-refractivity contribution in [3.8, 4) is 28.4 Å². The summed E-state index contributed by atoms with van der Waals surface area (Å²) >= 11 is 1.25. The number of aromatic amines is 1. The summed E-state index contributed by atoms with van der Waals surface area (Å²) < 4.78 is 5.25. The molecule has 0 aliphatic heterocycles. The Hall–Kier alpha value is -3.72. The van der Waals surface area contributed by atoms with Crippen LogP contribution >= 0.6 is 11.3 Å². The van der Waals surface area contributed by atoms with Crippen LogP contribution in [0.15, 0.2) is 54.0 Å². The topological polar surface area (TPSA) is 105 Å². The Labute approximate surface area is 190 Å². The highest BCUT2D eigenvalue weighted by Crippen LogP contribution is 2.29. The van der Waals surface area contributed by atoms with Gasteiger partial charge in [0.25, 0.3) is 5.91 Å². The molecule has 164 valence electrons. The molecule has 2 aromatic carbocycles. The molecule has 3 N–H and O–H groups in total. The zero-order valence-corrected chi connectivity index (χ0v) is 18.7. The Bertz CT molecular complexity index is 1170. The highest BCUT2D eigenvalue weighted by atomic mass is 32.1. The lowest BCUT2D eigenvalue weighted by Crippen LogP contribution is -2.13. The largest absolute Gasteiger partial charge is 0.497 e. The number of amides is 1. The number of methoxy groups -OCH3 is 1. The predicted molar refractivity (Wildman–Crippen MR) is 127 cm³/mol. The summed E-state index contributed by atoms with van der Waals surface area (Å²) in [6.07, 6.45) is 2.23. The molecule has 1 amide bonds. The Balaban J connectivity index is 1.70. The van der Waals surface area contributed by atoms with Crippen molar-refractivity contribution in [1.29, 1.82) is 0 Å². The molecule has 2 aromatic heterocycles. The van der Waals surface area contributed by atoms with Gasteiger partial charge in [0, 0.05) is 23.4 Å². The van der Waals surface area contributed by atoms with E-state index in [2.05, 4.69) is 32.7 Å². The average molecular weight is 449 g/mol. The number of hydrogen-bond acceptors (Lipinski definition) is 7. The van der Waals surface area contributed by atoms with Crippen LogP contribution in [0.1, 0.15) is 30.3 Å². The van der Waals surface area contributed by atoms with E-state index in [1.165, 1.54) is 11.3 Å². The highest BCUT2D eigenvalue weighted by molar-refractivity contribution is 7.13. The number of nitrogens with one attached hydrogen (secondary N) is 3. The van der Waals surface area contributed by atoms with E-state index in [-0.39, 0.29) is 5.91 Å². The molecule has 0 radical (unpaired) electrons. The molecule has 9 heteroatoms. The smallest absolute Gasteiger partial charge is 0.276 e. The zero-order chi connectivity index (χ0) is 22.3. The molecule has 0 unspecified atom stereocenters. The van der Waals surface area contributed by atoms with Crippen LogP contribution in [-0.2, 0) is 0 Å². The van der Waals surface area contributed by atoms with E-state index in [1.807, 2.05) is 48.5 Å². The summed E-state index contributed by atoms with van der Waals surface area (Å²) in [5, 5.41) is 14.3. The number of carbonyl (C=O) groups excluding carboxylic acids is 1. The van der Waals surface area contributed by atoms with Crippen LogP contribution in [0.25, 0.3) is 22.6 Å². The van der Waals surface area contributed by atoms with Crippen LogP contribution in [0.3, 0.4) is 0 Å². The van der Waals surface area contributed by atoms with E-state index < -0.39 is 0 Å². The molecular weight excluding hydrogens is 424 g/mol. The number of imidazole rings is 1. The van der Waals surface area contributed by atoms with Crippen molar-refractivity contribution < 1.29 is 9.53 Å². The molecule has 0 aliphatic rings. The molecule has 0 saturated carbocycles. The maximum atomic E-state index is 13.0. The Morgan fingerprint density at radius 1 is 1.16 bits per heavy atom. The summed E-state index contributed by atoms with van der Waals surface area (Å²) in [6, 6.07) is 15.4. The number of nitrogens with zero attached hydrogens (tertiary/aromatic N) is 3. The molecule has 0 bridgehead atoms. The van der Waals surface area contributed by atoms with E-state index in [1.54, 1.807) is 12.6 Å². The molecule has 0 atom stereocenters. The molecule has 0 aliphatic carbocycles. The Kier molecular flexibility index (Phi) is 6.76. The third kappa shape index (κ3) is 4.94. The van der Waals surface area contributed by atoms with Gasteiger partial charge in [-0.2, -0.15) is 0 Å². The van der Waals surface area contributed by atoms with E-state index in [0.717, 1.165) is 42.0 Å². The fraction of sp³-hybridized carbons (Fsp3) is 0.217. The van der Waals surface area contributed by atoms with Gasteiger partial charge in [-0.1, -0.05) is 36.8 Å². The number of rotatable bonds is 9. The number of ether oxygens (including phenoxy) is 1. The van der Waals surface area contributed by atoms with E-state index in [0.29, 0.717) is 22.3 Å². The van der Waals surface area contributed by atoms with E-state index >= 15 is 0 Å². The Morgan fingerprint density at radius 2 is 2.00 bits per heavy atom. The first-order valence-corrected chi connectivity index (χ1v) is 11.2. The Morgan fingerprint density at radius 3 is 2.72 bits per heavy atom. The lowest BCUT2D eigenvalue weighted by Gasteiger charge is -2.06. The summed E-state index contributed by atoms with van der Waals surface area (Å²) in [5.74, 6) is 1.01. The van der Waals surface area contributed by atoms with Crippen LogP contribution < -0.4 is 15.4 Å². The van der Waals surface area contributed by atoms with E-state index in [9.17, 15) is 4.79 Å². The van der Waals surface area contributed by atoms with Crippen molar-refractivity contribution in [2.75, 3.05) is 24.3 Å². The fourth-order valence-corrected chi connectivity index (χ4v) is 3.65. The van der Waals surface area contributed by atoms with Gasteiger partial charge in [-0.15, -0.1) is 10.2 Å². The molecule has 2 heterocycles. The van der Waals surface area contributed by atoms with Crippen LogP contribution in [0, 0.1) is 0 Å². The van der Waals surface area contributed by atoms with Crippen molar-refractivity contribution in [2.45, 2.75) is 19.8 Å². The van der Waals surface area contributed by atoms with Crippen molar-refractivity contribution in [3.05, 3.63) is 59.7 Å². The third-order valence-electron chi connectivity index (χ3n) is 4.87. The number of unbranched alkanes of at least 4 members (excludes halogenated alkanes) is 1. The maximum absolute atomic E-state index is 13.0. The van der Waals surface area contributed by atoms with Gasteiger partial charge in [0.05, 0.1) is 7.11 Å². The van der Waals surface area contributed by atoms with Gasteiger partial charge in [-0.25, -0.2) is 4.98 Å². The van der Waals surface area contributed by atoms with Crippen molar-refractivity contribution in [2.24, 2.45) is 0 Å². The van der Waals surface area contributed by atoms with Crippen LogP contribution in [0.5, 0.6) is 5.75 Å². The molecule has 0 spiro atoms. The SMILES string of the molecule is CCCCNc1cccc(-c2nc(-c3ccc(OC)cc3)c(C(=O)Nc3nncs3)[nH]2)c1. The normalized spacial score (nSPS) is 10.7. The third-order valence-corrected chi connectivity index (χ3v) is 5.48. The minimum absolute atomic E-state index is 0.330. The zero-order valence-electron chi connectivity index (χ0n) is 17.9. The number of aromatic nitrogens is 4. The van der Waals surface area contributed by atoms with Crippen molar-refractivity contribution in [1.82, 2.24) is 20.2 Å². The van der Waals surface area contributed by atoms with Crippen molar-refractivity contribution in [3.63, 3.8) is 0 Å². The second kappa shape index (κ2) is 10.1. The first kappa shape index (κ1) is 21.5. The van der Waals surface area contributed by atoms with Gasteiger partial charge in [-0.3, -0.25) is 10.1 Å². The molecule has 4 aromatic rings. The average Bonchev–Trinajstić information content (AvgIpc) is 3.50. The molecule has 32 heavy (non-hydrogen) atoms. The van der Waals surface area contributed by atoms with Gasteiger partial charge < -0.3 is 15.0 Å². The van der Waals surface area contributed by atoms with E-state index in [4.69, 9.17) is 9.72 Å². The second-order valence-electron chi connectivity index (χ2n) is 7.10. The lowest BCUT2D eigenvalue weighted by molar-refractivity contribution is 0.102. The molecule has 4 rings (SSSR count). The fourth-order valence-electron chi connectivity index (χ4n) is 3.21. The number of H-pyrrole nitrogens is 1. The molecule has 0 fully saturated rings. The minimum atomic E-state index is -0.330. The van der Waals surface area contributed by atoms with Gasteiger partial charge >= 0.3 is 0 Å². The highest BCUT2D eigenvalue weighted by Gasteiger charge is 2.21. The van der Waals surface area contributed by atoms with Gasteiger partial charge in [0.15, 0.2) is 0 Å². The second-order valence-corrected chi connectivity index (χ2v) is 7.93. The molecule has 0 saturated heterocycles. The van der Waals surface area contributed by atoms with Crippen LogP contribution in [0.2, 0.25) is 0 Å². The summed E-state index contributed by atoms with van der Waals surface area (Å²) in [6.45, 7) is 3.07. The number of benzene rings is 2. The monoisotopic (exact) mass is 448 g/mol. The van der Waals surface area contributed by atoms with Crippen LogP contribution in [-0.4, -0.2) is 39.7 Å². The quantitative estimate of drug-likeness (QED) is 0.309. The summed E-state index contributed by atoms with van der Waals surface area (Å²) in [5.41, 5.74) is 5.16.